The summed E-state index contributed by atoms with van der Waals surface area (Å²) in [6, 6.07) is 6.73. The molecule has 1 saturated heterocycles. The van der Waals surface area contributed by atoms with Gasteiger partial charge in [-0.25, -0.2) is 9.37 Å². The molecule has 1 aromatic carbocycles. The number of pyridine rings is 1. The Morgan fingerprint density at radius 2 is 2.08 bits per heavy atom. The lowest BCUT2D eigenvalue weighted by atomic mass is 10.0. The van der Waals surface area contributed by atoms with E-state index in [4.69, 9.17) is 9.47 Å². The average molecular weight is 327 g/mol. The molecular weight excluding hydrogens is 309 g/mol. The fourth-order valence-corrected chi connectivity index (χ4v) is 3.17. The zero-order valence-corrected chi connectivity index (χ0v) is 13.4. The molecule has 3 heterocycles. The van der Waals surface area contributed by atoms with Crippen LogP contribution in [0.4, 0.5) is 10.1 Å². The number of anilines is 1. The van der Waals surface area contributed by atoms with Gasteiger partial charge in [0.2, 0.25) is 0 Å². The van der Waals surface area contributed by atoms with Gasteiger partial charge >= 0.3 is 0 Å². The summed E-state index contributed by atoms with van der Waals surface area (Å²) in [5.74, 6) is 0.173. The maximum absolute atomic E-state index is 13.9. The number of ether oxygens (including phenoxy) is 2. The molecule has 3 aromatic rings. The van der Waals surface area contributed by atoms with Crippen LogP contribution in [-0.4, -0.2) is 43.4 Å². The Hall–Kier alpha value is -2.60. The topological polar surface area (TPSA) is 50.4 Å². The molecule has 0 amide bonds. The van der Waals surface area contributed by atoms with Crippen LogP contribution in [0.1, 0.15) is 0 Å². The zero-order valence-electron chi connectivity index (χ0n) is 13.4. The Morgan fingerprint density at radius 1 is 1.25 bits per heavy atom. The predicted octanol–water partition coefficient (Wildman–Crippen LogP) is 3.21. The molecule has 0 unspecified atom stereocenters. The molecule has 4 rings (SSSR count). The zero-order chi connectivity index (χ0) is 16.5. The Kier molecular flexibility index (Phi) is 3.82. The first-order valence-electron chi connectivity index (χ1n) is 7.90. The predicted molar refractivity (Wildman–Crippen MR) is 91.1 cm³/mol. The van der Waals surface area contributed by atoms with Crippen molar-refractivity contribution in [3.8, 4) is 16.9 Å². The number of fused-ring (bicyclic) bond motifs is 1. The highest BCUT2D eigenvalue weighted by atomic mass is 19.1. The molecular formula is C18H18FN3O2. The number of morpholine rings is 1. The second-order valence-corrected chi connectivity index (χ2v) is 5.74. The van der Waals surface area contributed by atoms with Gasteiger partial charge in [-0.1, -0.05) is 0 Å². The number of rotatable bonds is 3. The summed E-state index contributed by atoms with van der Waals surface area (Å²) in [5.41, 5.74) is 3.55. The van der Waals surface area contributed by atoms with Gasteiger partial charge < -0.3 is 19.4 Å². The highest BCUT2D eigenvalue weighted by molar-refractivity contribution is 6.02. The van der Waals surface area contributed by atoms with Gasteiger partial charge in [0.05, 0.1) is 26.0 Å². The Morgan fingerprint density at radius 3 is 2.88 bits per heavy atom. The van der Waals surface area contributed by atoms with Gasteiger partial charge in [0, 0.05) is 42.5 Å². The van der Waals surface area contributed by atoms with Crippen molar-refractivity contribution < 1.29 is 13.9 Å². The number of aromatic nitrogens is 2. The third kappa shape index (κ3) is 2.59. The summed E-state index contributed by atoms with van der Waals surface area (Å²) >= 11 is 0. The molecule has 24 heavy (non-hydrogen) atoms. The molecule has 1 aliphatic rings. The molecule has 0 atom stereocenters. The van der Waals surface area contributed by atoms with Crippen molar-refractivity contribution >= 4 is 16.7 Å². The van der Waals surface area contributed by atoms with E-state index >= 15 is 0 Å². The number of methoxy groups -OCH3 is 1. The normalized spacial score (nSPS) is 15.0. The van der Waals surface area contributed by atoms with Crippen LogP contribution in [0.15, 0.2) is 36.7 Å². The number of aromatic amines is 1. The number of nitrogens with one attached hydrogen (secondary N) is 1. The minimum atomic E-state index is -0.324. The van der Waals surface area contributed by atoms with E-state index in [1.54, 1.807) is 6.20 Å². The van der Waals surface area contributed by atoms with Gasteiger partial charge in [-0.15, -0.1) is 0 Å². The van der Waals surface area contributed by atoms with E-state index in [1.807, 2.05) is 18.3 Å². The van der Waals surface area contributed by atoms with Crippen molar-refractivity contribution in [1.82, 2.24) is 9.97 Å². The third-order valence-electron chi connectivity index (χ3n) is 4.32. The molecule has 5 nitrogen and oxygen atoms in total. The maximum Gasteiger partial charge on any atom is 0.139 e. The van der Waals surface area contributed by atoms with Crippen LogP contribution in [-0.2, 0) is 4.74 Å². The van der Waals surface area contributed by atoms with Crippen LogP contribution in [0.25, 0.3) is 22.2 Å². The minimum Gasteiger partial charge on any atom is -0.497 e. The minimum absolute atomic E-state index is 0.324. The lowest BCUT2D eigenvalue weighted by Gasteiger charge is -2.29. The van der Waals surface area contributed by atoms with Crippen LogP contribution in [0.2, 0.25) is 0 Å². The van der Waals surface area contributed by atoms with Gasteiger partial charge in [0.1, 0.15) is 17.2 Å². The van der Waals surface area contributed by atoms with Crippen LogP contribution >= 0.6 is 0 Å². The van der Waals surface area contributed by atoms with Crippen molar-refractivity contribution in [2.75, 3.05) is 38.3 Å². The second-order valence-electron chi connectivity index (χ2n) is 5.74. The van der Waals surface area contributed by atoms with Crippen LogP contribution in [0.5, 0.6) is 5.75 Å². The van der Waals surface area contributed by atoms with Gasteiger partial charge in [0.25, 0.3) is 0 Å². The molecule has 0 spiro atoms. The highest BCUT2D eigenvalue weighted by Gasteiger charge is 2.18. The van der Waals surface area contributed by atoms with E-state index < -0.39 is 0 Å². The number of H-pyrrole nitrogens is 1. The standard InChI is InChI=1S/C18H18FN3O2/c1-23-14-9-12(8-13(19)10-14)15-11-21-18-17(15)16(2-3-20-18)22-4-6-24-7-5-22/h2-3,8-11H,4-7H2,1H3,(H,20,21). The van der Waals surface area contributed by atoms with Crippen molar-refractivity contribution in [2.45, 2.75) is 0 Å². The van der Waals surface area contributed by atoms with E-state index in [2.05, 4.69) is 14.9 Å². The summed E-state index contributed by atoms with van der Waals surface area (Å²) in [6.07, 6.45) is 3.66. The lowest BCUT2D eigenvalue weighted by molar-refractivity contribution is 0.123. The largest absolute Gasteiger partial charge is 0.497 e. The lowest BCUT2D eigenvalue weighted by Crippen LogP contribution is -2.36. The van der Waals surface area contributed by atoms with Gasteiger partial charge in [0.15, 0.2) is 0 Å². The number of hydrogen-bond acceptors (Lipinski definition) is 4. The van der Waals surface area contributed by atoms with E-state index in [0.717, 1.165) is 40.9 Å². The van der Waals surface area contributed by atoms with E-state index in [1.165, 1.54) is 19.2 Å². The Balaban J connectivity index is 1.89. The van der Waals surface area contributed by atoms with E-state index in [-0.39, 0.29) is 5.82 Å². The van der Waals surface area contributed by atoms with Gasteiger partial charge in [-0.3, -0.25) is 0 Å². The fourth-order valence-electron chi connectivity index (χ4n) is 3.17. The third-order valence-corrected chi connectivity index (χ3v) is 4.32. The fraction of sp³-hybridized carbons (Fsp3) is 0.278. The highest BCUT2D eigenvalue weighted by Crippen LogP contribution is 2.36. The molecule has 0 bridgehead atoms. The first kappa shape index (κ1) is 15.0. The van der Waals surface area contributed by atoms with Crippen LogP contribution < -0.4 is 9.64 Å². The quantitative estimate of drug-likeness (QED) is 0.802. The van der Waals surface area contributed by atoms with Crippen LogP contribution in [0, 0.1) is 5.82 Å². The smallest absolute Gasteiger partial charge is 0.139 e. The molecule has 124 valence electrons. The van der Waals surface area contributed by atoms with Gasteiger partial charge in [-0.2, -0.15) is 0 Å². The van der Waals surface area contributed by atoms with E-state index in [0.29, 0.717) is 19.0 Å². The molecule has 1 fully saturated rings. The molecule has 0 aliphatic carbocycles. The molecule has 0 radical (unpaired) electrons. The molecule has 1 aliphatic heterocycles. The van der Waals surface area contributed by atoms with Gasteiger partial charge in [-0.05, 0) is 23.8 Å². The first-order valence-corrected chi connectivity index (χ1v) is 7.90. The monoisotopic (exact) mass is 327 g/mol. The Labute approximate surface area is 139 Å². The molecule has 1 N–H and O–H groups in total. The maximum atomic E-state index is 13.9. The number of benzene rings is 1. The van der Waals surface area contributed by atoms with Crippen LogP contribution in [0.3, 0.4) is 0 Å². The summed E-state index contributed by atoms with van der Waals surface area (Å²) < 4.78 is 24.6. The first-order chi connectivity index (χ1) is 11.8. The average Bonchev–Trinajstić information content (AvgIpc) is 3.06. The van der Waals surface area contributed by atoms with Crippen molar-refractivity contribution in [3.05, 3.63) is 42.5 Å². The number of halogens is 1. The number of hydrogen-bond donors (Lipinski definition) is 1. The Bertz CT molecular complexity index is 872. The summed E-state index contributed by atoms with van der Waals surface area (Å²) in [5, 5.41) is 0.993. The summed E-state index contributed by atoms with van der Waals surface area (Å²) in [6.45, 7) is 3.07. The number of nitrogens with zero attached hydrogens (tertiary/aromatic N) is 2. The second kappa shape index (κ2) is 6.13. The van der Waals surface area contributed by atoms with Crippen molar-refractivity contribution in [2.24, 2.45) is 0 Å². The van der Waals surface area contributed by atoms with Crippen molar-refractivity contribution in [3.63, 3.8) is 0 Å². The summed E-state index contributed by atoms with van der Waals surface area (Å²) in [7, 11) is 1.54. The molecule has 2 aromatic heterocycles. The van der Waals surface area contributed by atoms with Crippen molar-refractivity contribution in [1.29, 1.82) is 0 Å². The van der Waals surface area contributed by atoms with E-state index in [9.17, 15) is 4.39 Å². The summed E-state index contributed by atoms with van der Waals surface area (Å²) in [4.78, 5) is 9.88. The molecule has 0 saturated carbocycles. The SMILES string of the molecule is COc1cc(F)cc(-c2c[nH]c3nccc(N4CCOCC4)c23)c1. The molecule has 6 heteroatoms.